The normalized spacial score (nSPS) is 24.4. The molecule has 4 atom stereocenters. The van der Waals surface area contributed by atoms with Crippen LogP contribution < -0.4 is 16.4 Å². The minimum Gasteiger partial charge on any atom is -0.465 e. The summed E-state index contributed by atoms with van der Waals surface area (Å²) in [6.45, 7) is 1.95. The average molecular weight is 390 g/mol. The Labute approximate surface area is 161 Å². The van der Waals surface area contributed by atoms with Crippen molar-refractivity contribution in [2.24, 2.45) is 5.73 Å². The standard InChI is InChI=1S/C18H22N4O4S/c1-2-26-17(25)14-13(21-14)15(23)20-12(10-11-6-4-3-5-7-11)16(24)22-8-9-27-18(22)19/h3-9,12-14,18,21H,2,10,19H2,1H3,(H,20,23)/t12-,13-,14-,18?/m0/s1. The maximum atomic E-state index is 12.9. The molecule has 3 rings (SSSR count). The molecule has 1 aromatic rings. The van der Waals surface area contributed by atoms with Crippen molar-refractivity contribution in [2.45, 2.75) is 37.0 Å². The van der Waals surface area contributed by atoms with E-state index in [1.807, 2.05) is 30.3 Å². The molecular weight excluding hydrogens is 368 g/mol. The summed E-state index contributed by atoms with van der Waals surface area (Å²) in [5.41, 5.74) is 6.32. The van der Waals surface area contributed by atoms with Gasteiger partial charge < -0.3 is 15.8 Å². The van der Waals surface area contributed by atoms with Crippen LogP contribution >= 0.6 is 11.8 Å². The Morgan fingerprint density at radius 3 is 2.67 bits per heavy atom. The van der Waals surface area contributed by atoms with E-state index in [1.54, 1.807) is 18.5 Å². The molecule has 1 saturated heterocycles. The number of thioether (sulfide) groups is 1. The second-order valence-corrected chi connectivity index (χ2v) is 7.21. The van der Waals surface area contributed by atoms with Gasteiger partial charge in [-0.05, 0) is 17.9 Å². The molecule has 0 bridgehead atoms. The number of hydrogen-bond acceptors (Lipinski definition) is 7. The maximum Gasteiger partial charge on any atom is 0.325 e. The summed E-state index contributed by atoms with van der Waals surface area (Å²) in [5, 5.41) is 7.28. The highest BCUT2D eigenvalue weighted by molar-refractivity contribution is 8.02. The van der Waals surface area contributed by atoms with E-state index < -0.39 is 35.5 Å². The van der Waals surface area contributed by atoms with E-state index in [-0.39, 0.29) is 12.5 Å². The molecule has 2 aliphatic heterocycles. The van der Waals surface area contributed by atoms with Crippen LogP contribution in [0.5, 0.6) is 0 Å². The third kappa shape index (κ3) is 4.68. The zero-order chi connectivity index (χ0) is 19.4. The zero-order valence-corrected chi connectivity index (χ0v) is 15.6. The monoisotopic (exact) mass is 390 g/mol. The van der Waals surface area contributed by atoms with Crippen LogP contribution in [0.4, 0.5) is 0 Å². The molecule has 4 N–H and O–H groups in total. The Balaban J connectivity index is 1.68. The van der Waals surface area contributed by atoms with Gasteiger partial charge in [0.25, 0.3) is 5.91 Å². The van der Waals surface area contributed by atoms with E-state index in [4.69, 9.17) is 10.5 Å². The Hall–Kier alpha value is -2.36. The summed E-state index contributed by atoms with van der Waals surface area (Å²) in [4.78, 5) is 38.5. The zero-order valence-electron chi connectivity index (χ0n) is 14.8. The number of nitrogens with zero attached hydrogens (tertiary/aromatic N) is 1. The summed E-state index contributed by atoms with van der Waals surface area (Å²) in [7, 11) is 0. The first-order valence-electron chi connectivity index (χ1n) is 8.68. The smallest absolute Gasteiger partial charge is 0.325 e. The van der Waals surface area contributed by atoms with E-state index in [9.17, 15) is 14.4 Å². The Morgan fingerprint density at radius 1 is 1.30 bits per heavy atom. The maximum absolute atomic E-state index is 12.9. The van der Waals surface area contributed by atoms with Crippen LogP contribution in [0.3, 0.4) is 0 Å². The summed E-state index contributed by atoms with van der Waals surface area (Å²) in [6, 6.07) is 7.25. The molecule has 0 aliphatic carbocycles. The quantitative estimate of drug-likeness (QED) is 0.439. The van der Waals surface area contributed by atoms with Gasteiger partial charge in [0.15, 0.2) is 0 Å². The van der Waals surface area contributed by atoms with E-state index in [0.29, 0.717) is 6.42 Å². The van der Waals surface area contributed by atoms with Gasteiger partial charge in [0.1, 0.15) is 23.6 Å². The molecule has 1 fully saturated rings. The Bertz CT molecular complexity index is 742. The number of amides is 2. The molecule has 27 heavy (non-hydrogen) atoms. The molecular formula is C18H22N4O4S. The lowest BCUT2D eigenvalue weighted by Crippen LogP contribution is -2.52. The van der Waals surface area contributed by atoms with E-state index in [0.717, 1.165) is 5.56 Å². The van der Waals surface area contributed by atoms with Gasteiger partial charge in [-0.2, -0.15) is 0 Å². The highest BCUT2D eigenvalue weighted by Gasteiger charge is 2.49. The van der Waals surface area contributed by atoms with Crippen molar-refractivity contribution in [1.29, 1.82) is 0 Å². The van der Waals surface area contributed by atoms with Gasteiger partial charge in [-0.3, -0.25) is 24.6 Å². The fourth-order valence-corrected chi connectivity index (χ4v) is 3.49. The lowest BCUT2D eigenvalue weighted by Gasteiger charge is -2.25. The molecule has 2 aliphatic rings. The largest absolute Gasteiger partial charge is 0.465 e. The number of carbonyl (C=O) groups is 3. The molecule has 0 aromatic heterocycles. The predicted octanol–water partition coefficient (Wildman–Crippen LogP) is -0.0937. The number of benzene rings is 1. The van der Waals surface area contributed by atoms with Crippen molar-refractivity contribution in [3.05, 3.63) is 47.5 Å². The SMILES string of the molecule is CCOC(=O)[C@H]1N[C@@H]1C(=O)N[C@@H](Cc1ccccc1)C(=O)N1C=CSC1N. The first kappa shape index (κ1) is 19.4. The number of nitrogens with two attached hydrogens (primary N) is 1. The molecule has 0 saturated carbocycles. The summed E-state index contributed by atoms with van der Waals surface area (Å²) >= 11 is 1.32. The third-order valence-corrected chi connectivity index (χ3v) is 5.06. The van der Waals surface area contributed by atoms with E-state index >= 15 is 0 Å². The first-order chi connectivity index (χ1) is 13.0. The van der Waals surface area contributed by atoms with Crippen molar-refractivity contribution < 1.29 is 19.1 Å². The van der Waals surface area contributed by atoms with Gasteiger partial charge >= 0.3 is 5.97 Å². The molecule has 2 amide bonds. The molecule has 1 aromatic carbocycles. The van der Waals surface area contributed by atoms with Crippen LogP contribution in [0.2, 0.25) is 0 Å². The number of esters is 1. The van der Waals surface area contributed by atoms with Gasteiger partial charge in [-0.15, -0.1) is 0 Å². The van der Waals surface area contributed by atoms with Crippen LogP contribution in [-0.2, 0) is 25.5 Å². The van der Waals surface area contributed by atoms with Crippen molar-refractivity contribution in [3.63, 3.8) is 0 Å². The number of ether oxygens (including phenoxy) is 1. The van der Waals surface area contributed by atoms with Crippen LogP contribution in [0.1, 0.15) is 12.5 Å². The molecule has 9 heteroatoms. The van der Waals surface area contributed by atoms with Crippen molar-refractivity contribution >= 4 is 29.5 Å². The van der Waals surface area contributed by atoms with Crippen LogP contribution in [-0.4, -0.2) is 52.9 Å². The molecule has 2 heterocycles. The first-order valence-corrected chi connectivity index (χ1v) is 9.62. The van der Waals surface area contributed by atoms with Crippen molar-refractivity contribution in [3.8, 4) is 0 Å². The predicted molar refractivity (Wildman–Crippen MR) is 101 cm³/mol. The Kier molecular flexibility index (Phi) is 6.15. The summed E-state index contributed by atoms with van der Waals surface area (Å²) in [6.07, 6.45) is 1.93. The van der Waals surface area contributed by atoms with Gasteiger partial charge in [0.05, 0.1) is 6.61 Å². The topological polar surface area (TPSA) is 124 Å². The minimum absolute atomic E-state index is 0.247. The van der Waals surface area contributed by atoms with Gasteiger partial charge in [0, 0.05) is 12.6 Å². The Morgan fingerprint density at radius 2 is 2.04 bits per heavy atom. The molecule has 0 spiro atoms. The minimum atomic E-state index is -0.792. The van der Waals surface area contributed by atoms with Gasteiger partial charge in [-0.25, -0.2) is 0 Å². The molecule has 1 unspecified atom stereocenters. The third-order valence-electron chi connectivity index (χ3n) is 4.27. The fraction of sp³-hybridized carbons (Fsp3) is 0.389. The van der Waals surface area contributed by atoms with Crippen molar-refractivity contribution in [1.82, 2.24) is 15.5 Å². The number of nitrogens with one attached hydrogen (secondary N) is 2. The van der Waals surface area contributed by atoms with E-state index in [1.165, 1.54) is 16.7 Å². The molecule has 0 radical (unpaired) electrons. The highest BCUT2D eigenvalue weighted by Crippen LogP contribution is 2.22. The lowest BCUT2D eigenvalue weighted by atomic mass is 10.0. The second kappa shape index (κ2) is 8.55. The van der Waals surface area contributed by atoms with Gasteiger partial charge in [-0.1, -0.05) is 42.1 Å². The highest BCUT2D eigenvalue weighted by atomic mass is 32.2. The number of carbonyl (C=O) groups excluding carboxylic acids is 3. The number of rotatable bonds is 7. The summed E-state index contributed by atoms with van der Waals surface area (Å²) < 4.78 is 4.90. The lowest BCUT2D eigenvalue weighted by molar-refractivity contribution is -0.143. The second-order valence-electron chi connectivity index (χ2n) is 6.18. The molecule has 8 nitrogen and oxygen atoms in total. The van der Waals surface area contributed by atoms with Crippen LogP contribution in [0, 0.1) is 0 Å². The average Bonchev–Trinajstić information content (AvgIpc) is 3.36. The molecule has 144 valence electrons. The number of hydrogen-bond donors (Lipinski definition) is 3. The van der Waals surface area contributed by atoms with Crippen LogP contribution in [0.25, 0.3) is 0 Å². The van der Waals surface area contributed by atoms with Crippen LogP contribution in [0.15, 0.2) is 41.9 Å². The van der Waals surface area contributed by atoms with E-state index in [2.05, 4.69) is 10.6 Å². The fourth-order valence-electron chi connectivity index (χ4n) is 2.82. The van der Waals surface area contributed by atoms with Crippen molar-refractivity contribution in [2.75, 3.05) is 6.61 Å². The van der Waals surface area contributed by atoms with Gasteiger partial charge in [0.2, 0.25) is 5.91 Å². The summed E-state index contributed by atoms with van der Waals surface area (Å²) in [5.74, 6) is -1.18.